The molecule has 0 radical (unpaired) electrons. The topological polar surface area (TPSA) is 38.3 Å². The van der Waals surface area contributed by atoms with Crippen molar-refractivity contribution >= 4 is 23.3 Å². The van der Waals surface area contributed by atoms with Gasteiger partial charge in [0.05, 0.1) is 7.11 Å². The molecule has 0 fully saturated rings. The normalized spacial score (nSPS) is 11.8. The lowest BCUT2D eigenvalue weighted by atomic mass is 10.1. The highest BCUT2D eigenvalue weighted by Gasteiger charge is 2.22. The van der Waals surface area contributed by atoms with E-state index in [0.29, 0.717) is 5.56 Å². The van der Waals surface area contributed by atoms with Crippen LogP contribution in [0, 0.1) is 12.7 Å². The van der Waals surface area contributed by atoms with Crippen LogP contribution in [0.2, 0.25) is 5.02 Å². The molecule has 0 amide bonds. The smallest absolute Gasteiger partial charge is 0.332 e. The molecule has 5 heteroatoms. The van der Waals surface area contributed by atoms with Crippen molar-refractivity contribution in [3.8, 4) is 0 Å². The predicted octanol–water partition coefficient (Wildman–Crippen LogP) is 4.11. The molecule has 0 bridgehead atoms. The number of halogens is 2. The second kappa shape index (κ2) is 6.59. The van der Waals surface area contributed by atoms with E-state index >= 15 is 0 Å². The average Bonchev–Trinajstić information content (AvgIpc) is 2.44. The minimum Gasteiger partial charge on any atom is -0.467 e. The molecule has 0 aliphatic heterocycles. The minimum atomic E-state index is -0.828. The molecule has 0 heterocycles. The highest BCUT2D eigenvalue weighted by molar-refractivity contribution is 6.30. The summed E-state index contributed by atoms with van der Waals surface area (Å²) in [5.74, 6) is -1.02. The Morgan fingerprint density at radius 3 is 2.48 bits per heavy atom. The minimum absolute atomic E-state index is 0.226. The molecule has 1 unspecified atom stereocenters. The van der Waals surface area contributed by atoms with Crippen molar-refractivity contribution in [2.75, 3.05) is 12.4 Å². The third-order valence-electron chi connectivity index (χ3n) is 3.02. The number of hydrogen-bond donors (Lipinski definition) is 1. The first-order valence-electron chi connectivity index (χ1n) is 6.36. The molecule has 1 N–H and O–H groups in total. The van der Waals surface area contributed by atoms with E-state index < -0.39 is 17.8 Å². The van der Waals surface area contributed by atoms with E-state index in [2.05, 4.69) is 5.32 Å². The Morgan fingerprint density at radius 2 is 1.90 bits per heavy atom. The molecule has 21 heavy (non-hydrogen) atoms. The number of ether oxygens (including phenoxy) is 1. The molecule has 1 atom stereocenters. The molecule has 3 nitrogen and oxygen atoms in total. The summed E-state index contributed by atoms with van der Waals surface area (Å²) in [6.45, 7) is 1.97. The first kappa shape index (κ1) is 15.3. The van der Waals surface area contributed by atoms with Crippen LogP contribution in [0.5, 0.6) is 0 Å². The zero-order valence-electron chi connectivity index (χ0n) is 11.7. The summed E-state index contributed by atoms with van der Waals surface area (Å²) < 4.78 is 18.3. The fraction of sp³-hybridized carbons (Fsp3) is 0.188. The fourth-order valence-corrected chi connectivity index (χ4v) is 2.18. The van der Waals surface area contributed by atoms with Crippen LogP contribution >= 0.6 is 11.6 Å². The number of nitrogens with one attached hydrogen (secondary N) is 1. The molecule has 0 aromatic heterocycles. The van der Waals surface area contributed by atoms with Gasteiger partial charge in [-0.25, -0.2) is 9.18 Å². The number of benzene rings is 2. The Labute approximate surface area is 127 Å². The van der Waals surface area contributed by atoms with E-state index in [-0.39, 0.29) is 5.02 Å². The average molecular weight is 308 g/mol. The lowest BCUT2D eigenvalue weighted by molar-refractivity contribution is -0.141. The third kappa shape index (κ3) is 3.95. The van der Waals surface area contributed by atoms with Gasteiger partial charge in [-0.1, -0.05) is 29.3 Å². The lowest BCUT2D eigenvalue weighted by Crippen LogP contribution is -2.22. The molecule has 2 aromatic carbocycles. The van der Waals surface area contributed by atoms with Crippen LogP contribution in [-0.2, 0) is 9.53 Å². The highest BCUT2D eigenvalue weighted by atomic mass is 35.5. The SMILES string of the molecule is COC(=O)C(Nc1ccc(C)cc1)c1cc(F)cc(Cl)c1. The van der Waals surface area contributed by atoms with Crippen LogP contribution in [-0.4, -0.2) is 13.1 Å². The number of rotatable bonds is 4. The number of carbonyl (C=O) groups excluding carboxylic acids is 1. The van der Waals surface area contributed by atoms with Crippen LogP contribution in [0.25, 0.3) is 0 Å². The summed E-state index contributed by atoms with van der Waals surface area (Å²) in [5, 5.41) is 3.25. The van der Waals surface area contributed by atoms with Gasteiger partial charge in [0.25, 0.3) is 0 Å². The molecule has 2 aromatic rings. The summed E-state index contributed by atoms with van der Waals surface area (Å²) in [6, 6.07) is 10.7. The number of carbonyl (C=O) groups is 1. The van der Waals surface area contributed by atoms with Gasteiger partial charge in [-0.2, -0.15) is 0 Å². The Hall–Kier alpha value is -2.07. The lowest BCUT2D eigenvalue weighted by Gasteiger charge is -2.18. The summed E-state index contributed by atoms with van der Waals surface area (Å²) in [5.41, 5.74) is 2.24. The number of anilines is 1. The molecule has 0 spiro atoms. The van der Waals surface area contributed by atoms with Crippen molar-refractivity contribution in [3.63, 3.8) is 0 Å². The van der Waals surface area contributed by atoms with Crippen molar-refractivity contribution in [2.45, 2.75) is 13.0 Å². The highest BCUT2D eigenvalue weighted by Crippen LogP contribution is 2.25. The molecule has 0 aliphatic carbocycles. The summed E-state index contributed by atoms with van der Waals surface area (Å²) in [6.07, 6.45) is 0. The molecule has 0 aliphatic rings. The van der Waals surface area contributed by atoms with Crippen molar-refractivity contribution in [1.29, 1.82) is 0 Å². The van der Waals surface area contributed by atoms with E-state index in [4.69, 9.17) is 16.3 Å². The van der Waals surface area contributed by atoms with E-state index in [0.717, 1.165) is 11.3 Å². The summed E-state index contributed by atoms with van der Waals surface area (Å²) in [7, 11) is 1.28. The van der Waals surface area contributed by atoms with Gasteiger partial charge >= 0.3 is 5.97 Å². The van der Waals surface area contributed by atoms with Crippen molar-refractivity contribution in [3.05, 3.63) is 64.4 Å². The number of methoxy groups -OCH3 is 1. The quantitative estimate of drug-likeness (QED) is 0.864. The van der Waals surface area contributed by atoms with E-state index in [1.54, 1.807) is 0 Å². The van der Waals surface area contributed by atoms with Crippen molar-refractivity contribution in [1.82, 2.24) is 0 Å². The monoisotopic (exact) mass is 307 g/mol. The first-order chi connectivity index (χ1) is 9.99. The van der Waals surface area contributed by atoms with Gasteiger partial charge in [0.1, 0.15) is 5.82 Å². The van der Waals surface area contributed by atoms with Gasteiger partial charge in [0, 0.05) is 10.7 Å². The van der Waals surface area contributed by atoms with Crippen molar-refractivity contribution in [2.24, 2.45) is 0 Å². The van der Waals surface area contributed by atoms with Crippen LogP contribution in [0.15, 0.2) is 42.5 Å². The fourth-order valence-electron chi connectivity index (χ4n) is 1.95. The van der Waals surface area contributed by atoms with Crippen LogP contribution in [0.3, 0.4) is 0 Å². The van der Waals surface area contributed by atoms with Gasteiger partial charge in [-0.15, -0.1) is 0 Å². The molecule has 110 valence electrons. The number of esters is 1. The van der Waals surface area contributed by atoms with Crippen LogP contribution in [0.1, 0.15) is 17.2 Å². The Kier molecular flexibility index (Phi) is 4.81. The summed E-state index contributed by atoms with van der Waals surface area (Å²) in [4.78, 5) is 12.0. The predicted molar refractivity (Wildman–Crippen MR) is 81.0 cm³/mol. The maximum atomic E-state index is 13.5. The maximum absolute atomic E-state index is 13.5. The van der Waals surface area contributed by atoms with E-state index in [9.17, 15) is 9.18 Å². The molecule has 0 saturated carbocycles. The van der Waals surface area contributed by atoms with Crippen molar-refractivity contribution < 1.29 is 13.9 Å². The molecular formula is C16H15ClFNO2. The Bertz CT molecular complexity index is 623. The van der Waals surface area contributed by atoms with E-state index in [1.165, 1.54) is 25.3 Å². The van der Waals surface area contributed by atoms with E-state index in [1.807, 2.05) is 31.2 Å². The maximum Gasteiger partial charge on any atom is 0.332 e. The third-order valence-corrected chi connectivity index (χ3v) is 3.24. The van der Waals surface area contributed by atoms with Crippen LogP contribution < -0.4 is 5.32 Å². The zero-order chi connectivity index (χ0) is 15.4. The van der Waals surface area contributed by atoms with Gasteiger partial charge < -0.3 is 10.1 Å². The first-order valence-corrected chi connectivity index (χ1v) is 6.74. The largest absolute Gasteiger partial charge is 0.467 e. The molecular weight excluding hydrogens is 293 g/mol. The molecule has 2 rings (SSSR count). The zero-order valence-corrected chi connectivity index (χ0v) is 12.4. The standard InChI is InChI=1S/C16H15ClFNO2/c1-10-3-5-14(6-4-10)19-15(16(20)21-2)11-7-12(17)9-13(18)8-11/h3-9,15,19H,1-2H3. The Morgan fingerprint density at radius 1 is 1.24 bits per heavy atom. The summed E-state index contributed by atoms with van der Waals surface area (Å²) >= 11 is 5.85. The second-order valence-electron chi connectivity index (χ2n) is 4.67. The Balaban J connectivity index is 2.34. The molecule has 0 saturated heterocycles. The van der Waals surface area contributed by atoms with Gasteiger partial charge in [-0.05, 0) is 42.8 Å². The van der Waals surface area contributed by atoms with Gasteiger partial charge in [0.15, 0.2) is 6.04 Å². The number of aryl methyl sites for hydroxylation is 1. The second-order valence-corrected chi connectivity index (χ2v) is 5.11. The van der Waals surface area contributed by atoms with Gasteiger partial charge in [-0.3, -0.25) is 0 Å². The van der Waals surface area contributed by atoms with Gasteiger partial charge in [0.2, 0.25) is 0 Å². The number of hydrogen-bond acceptors (Lipinski definition) is 3. The van der Waals surface area contributed by atoms with Crippen LogP contribution in [0.4, 0.5) is 10.1 Å².